The van der Waals surface area contributed by atoms with Crippen LogP contribution in [0.1, 0.15) is 25.0 Å². The fourth-order valence-corrected chi connectivity index (χ4v) is 3.70. The number of fused-ring (bicyclic) bond motifs is 6. The third kappa shape index (κ3) is 1.63. The van der Waals surface area contributed by atoms with E-state index in [2.05, 4.69) is 38.5 Å². The summed E-state index contributed by atoms with van der Waals surface area (Å²) in [5, 5.41) is 18.3. The second-order valence-electron chi connectivity index (χ2n) is 6.69. The molecule has 1 saturated carbocycles. The van der Waals surface area contributed by atoms with Gasteiger partial charge in [0, 0.05) is 11.3 Å². The van der Waals surface area contributed by atoms with Crippen molar-refractivity contribution < 1.29 is 0 Å². The van der Waals surface area contributed by atoms with Gasteiger partial charge in [0.25, 0.3) is 5.95 Å². The van der Waals surface area contributed by atoms with E-state index in [-0.39, 0.29) is 0 Å². The van der Waals surface area contributed by atoms with E-state index in [1.165, 1.54) is 0 Å². The molecule has 2 atom stereocenters. The summed E-state index contributed by atoms with van der Waals surface area (Å²) in [4.78, 5) is 4.33. The third-order valence-corrected chi connectivity index (χ3v) is 5.15. The van der Waals surface area contributed by atoms with Gasteiger partial charge in [-0.15, -0.1) is 15.3 Å². The Morgan fingerprint density at radius 1 is 1.12 bits per heavy atom. The maximum Gasteiger partial charge on any atom is 0.259 e. The van der Waals surface area contributed by atoms with Crippen molar-refractivity contribution in [1.29, 1.82) is 0 Å². The molecule has 1 aliphatic carbocycles. The van der Waals surface area contributed by atoms with Gasteiger partial charge in [0.2, 0.25) is 0 Å². The minimum absolute atomic E-state index is 0.490. The van der Waals surface area contributed by atoms with Crippen LogP contribution < -0.4 is 0 Å². The Morgan fingerprint density at radius 3 is 2.88 bits per heavy atom. The molecular weight excluding hydrogens is 316 g/mol. The highest BCUT2D eigenvalue weighted by atomic mass is 15.5. The Kier molecular flexibility index (Phi) is 2.30. The molecule has 1 fully saturated rings. The zero-order valence-electron chi connectivity index (χ0n) is 13.5. The first-order valence-corrected chi connectivity index (χ1v) is 8.32. The molecule has 0 N–H and O–H groups in total. The van der Waals surface area contributed by atoms with Crippen molar-refractivity contribution in [2.75, 3.05) is 0 Å². The molecule has 0 bridgehead atoms. The summed E-state index contributed by atoms with van der Waals surface area (Å²) in [6.07, 6.45) is 6.63. The van der Waals surface area contributed by atoms with Crippen molar-refractivity contribution in [2.45, 2.75) is 19.3 Å². The Labute approximate surface area is 141 Å². The van der Waals surface area contributed by atoms with Crippen molar-refractivity contribution in [3.05, 3.63) is 48.7 Å². The molecule has 0 amide bonds. The summed E-state index contributed by atoms with van der Waals surface area (Å²) >= 11 is 0. The van der Waals surface area contributed by atoms with E-state index in [0.29, 0.717) is 17.8 Å². The monoisotopic (exact) mass is 330 g/mol. The summed E-state index contributed by atoms with van der Waals surface area (Å²) in [5.74, 6) is 1.80. The van der Waals surface area contributed by atoms with Crippen LogP contribution in [-0.2, 0) is 0 Å². The zero-order valence-corrected chi connectivity index (χ0v) is 13.5. The first-order valence-electron chi connectivity index (χ1n) is 8.32. The molecule has 5 aromatic rings. The van der Waals surface area contributed by atoms with Gasteiger partial charge in [0.15, 0.2) is 5.65 Å². The molecule has 8 nitrogen and oxygen atoms in total. The fraction of sp³-hybridized carbons (Fsp3) is 0.235. The Morgan fingerprint density at radius 2 is 2.00 bits per heavy atom. The number of hydrogen-bond acceptors (Lipinski definition) is 5. The quantitative estimate of drug-likeness (QED) is 0.496. The summed E-state index contributed by atoms with van der Waals surface area (Å²) in [6.45, 7) is 2.24. The van der Waals surface area contributed by atoms with E-state index in [9.17, 15) is 0 Å². The lowest BCUT2D eigenvalue weighted by Crippen LogP contribution is -2.08. The van der Waals surface area contributed by atoms with Crippen LogP contribution in [0.5, 0.6) is 0 Å². The topological polar surface area (TPSA) is 78.2 Å². The number of benzene rings is 1. The summed E-state index contributed by atoms with van der Waals surface area (Å²) in [5.41, 5.74) is 3.84. The highest BCUT2D eigenvalue weighted by Crippen LogP contribution is 2.46. The van der Waals surface area contributed by atoms with Crippen molar-refractivity contribution in [1.82, 2.24) is 39.0 Å². The van der Waals surface area contributed by atoms with Gasteiger partial charge in [-0.05, 0) is 24.5 Å². The average Bonchev–Trinajstić information content (AvgIpc) is 3.12. The van der Waals surface area contributed by atoms with Crippen molar-refractivity contribution in [2.24, 2.45) is 5.92 Å². The third-order valence-electron chi connectivity index (χ3n) is 5.15. The first kappa shape index (κ1) is 13.1. The number of rotatable bonds is 2. The molecule has 0 radical (unpaired) electrons. The van der Waals surface area contributed by atoms with Crippen LogP contribution in [0.25, 0.3) is 28.1 Å². The average molecular weight is 330 g/mol. The SMILES string of the molecule is CC1CC1c1cnnn1-c1nnc2c3ccccc3n3cncc3n12. The van der Waals surface area contributed by atoms with E-state index in [0.717, 1.165) is 34.3 Å². The predicted octanol–water partition coefficient (Wildman–Crippen LogP) is 2.23. The smallest absolute Gasteiger partial charge is 0.259 e. The number of aromatic nitrogens is 8. The van der Waals surface area contributed by atoms with Gasteiger partial charge in [-0.2, -0.15) is 4.68 Å². The fourth-order valence-electron chi connectivity index (χ4n) is 3.70. The van der Waals surface area contributed by atoms with Crippen LogP contribution in [0, 0.1) is 5.92 Å². The molecule has 25 heavy (non-hydrogen) atoms. The molecule has 4 heterocycles. The Balaban J connectivity index is 1.75. The van der Waals surface area contributed by atoms with Crippen LogP contribution in [0.3, 0.4) is 0 Å². The number of hydrogen-bond donors (Lipinski definition) is 0. The van der Waals surface area contributed by atoms with Crippen LogP contribution in [0.2, 0.25) is 0 Å². The molecule has 1 aliphatic rings. The lowest BCUT2D eigenvalue weighted by Gasteiger charge is -2.08. The van der Waals surface area contributed by atoms with E-state index in [1.54, 1.807) is 0 Å². The molecule has 4 aromatic heterocycles. The van der Waals surface area contributed by atoms with Gasteiger partial charge in [-0.25, -0.2) is 9.38 Å². The first-order chi connectivity index (χ1) is 12.3. The van der Waals surface area contributed by atoms with Gasteiger partial charge in [0.1, 0.15) is 12.0 Å². The number of nitrogens with zero attached hydrogens (tertiary/aromatic N) is 8. The minimum Gasteiger partial charge on any atom is -0.284 e. The van der Waals surface area contributed by atoms with Gasteiger partial charge < -0.3 is 0 Å². The number of para-hydroxylation sites is 1. The van der Waals surface area contributed by atoms with Crippen molar-refractivity contribution in [3.63, 3.8) is 0 Å². The maximum absolute atomic E-state index is 4.46. The van der Waals surface area contributed by atoms with Crippen LogP contribution in [-0.4, -0.2) is 39.0 Å². The molecule has 0 saturated heterocycles. The molecular formula is C17H14N8. The second kappa shape index (κ2) is 4.41. The largest absolute Gasteiger partial charge is 0.284 e. The number of imidazole rings is 1. The minimum atomic E-state index is 0.490. The molecule has 0 aliphatic heterocycles. The standard InChI is InChI=1S/C17H14N8/c1-10-6-12(10)14-7-19-22-25(14)17-21-20-16-11-4-2-3-5-13(11)23-9-18-8-15(23)24(16)17/h2-5,7-10,12H,6H2,1H3. The predicted molar refractivity (Wildman–Crippen MR) is 90.7 cm³/mol. The lowest BCUT2D eigenvalue weighted by atomic mass is 10.2. The molecule has 0 spiro atoms. The summed E-state index contributed by atoms with van der Waals surface area (Å²) < 4.78 is 5.86. The highest BCUT2D eigenvalue weighted by Gasteiger charge is 2.38. The Bertz CT molecular complexity index is 1260. The molecule has 6 rings (SSSR count). The zero-order chi connectivity index (χ0) is 16.5. The van der Waals surface area contributed by atoms with Gasteiger partial charge in [0.05, 0.1) is 23.6 Å². The summed E-state index contributed by atoms with van der Waals surface area (Å²) in [6, 6.07) is 8.13. The van der Waals surface area contributed by atoms with Crippen LogP contribution in [0.4, 0.5) is 0 Å². The highest BCUT2D eigenvalue weighted by molar-refractivity contribution is 5.94. The van der Waals surface area contributed by atoms with Gasteiger partial charge in [-0.1, -0.05) is 24.3 Å². The maximum atomic E-state index is 4.46. The van der Waals surface area contributed by atoms with Crippen LogP contribution >= 0.6 is 0 Å². The Hall–Kier alpha value is -3.29. The van der Waals surface area contributed by atoms with Gasteiger partial charge >= 0.3 is 0 Å². The van der Waals surface area contributed by atoms with E-state index < -0.39 is 0 Å². The van der Waals surface area contributed by atoms with E-state index in [4.69, 9.17) is 0 Å². The lowest BCUT2D eigenvalue weighted by molar-refractivity contribution is 0.705. The normalized spacial score (nSPS) is 20.0. The molecule has 122 valence electrons. The van der Waals surface area contributed by atoms with E-state index in [1.807, 2.05) is 50.4 Å². The van der Waals surface area contributed by atoms with Crippen molar-refractivity contribution in [3.8, 4) is 5.95 Å². The second-order valence-corrected chi connectivity index (χ2v) is 6.69. The van der Waals surface area contributed by atoms with Crippen molar-refractivity contribution >= 4 is 22.2 Å². The van der Waals surface area contributed by atoms with Gasteiger partial charge in [-0.3, -0.25) is 4.40 Å². The summed E-state index contributed by atoms with van der Waals surface area (Å²) in [7, 11) is 0. The molecule has 1 aromatic carbocycles. The van der Waals surface area contributed by atoms with Crippen LogP contribution in [0.15, 0.2) is 43.0 Å². The molecule has 8 heteroatoms. The molecule has 2 unspecified atom stereocenters. The van der Waals surface area contributed by atoms with E-state index >= 15 is 0 Å².